The summed E-state index contributed by atoms with van der Waals surface area (Å²) in [7, 11) is 0. The summed E-state index contributed by atoms with van der Waals surface area (Å²) < 4.78 is 0. The van der Waals surface area contributed by atoms with Gasteiger partial charge in [0, 0.05) is 0 Å². The highest BCUT2D eigenvalue weighted by Gasteiger charge is 2.58. The number of hydrogen-bond acceptors (Lipinski definition) is 2. The van der Waals surface area contributed by atoms with Gasteiger partial charge >= 0.3 is 0 Å². The number of rotatable bonds is 0. The number of aliphatic hydroxyl groups is 2. The quantitative estimate of drug-likeness (QED) is 0.668. The topological polar surface area (TPSA) is 40.5 Å². The molecule has 21 heavy (non-hydrogen) atoms. The SMILES string of the molecule is C[C@]12CC[C@H]3[C@@H](CC=C4C[C@H](O)CC[C@@]43C)[C@@H]1CC[C@H]2O. The van der Waals surface area contributed by atoms with Crippen molar-refractivity contribution in [3.05, 3.63) is 11.6 Å². The van der Waals surface area contributed by atoms with Gasteiger partial charge in [-0.3, -0.25) is 0 Å². The van der Waals surface area contributed by atoms with Crippen molar-refractivity contribution in [3.63, 3.8) is 0 Å². The fourth-order valence-corrected chi connectivity index (χ4v) is 6.61. The standard InChI is InChI=1S/C19H30O2/c1-18-9-7-13(20)11-12(18)3-4-14-15-5-6-17(21)19(15,2)10-8-16(14)18/h3,13-17,20-21H,4-11H2,1-2H3/t13-,14+,15+,16+,17-,18+,19+/m1/s1. The molecule has 0 aromatic rings. The molecule has 0 heterocycles. The normalized spacial score (nSPS) is 56.2. The molecule has 0 saturated heterocycles. The van der Waals surface area contributed by atoms with Gasteiger partial charge in [0.1, 0.15) is 0 Å². The van der Waals surface area contributed by atoms with Gasteiger partial charge in [0.15, 0.2) is 0 Å². The zero-order chi connectivity index (χ0) is 14.8. The minimum absolute atomic E-state index is 0.0742. The van der Waals surface area contributed by atoms with E-state index in [0.717, 1.165) is 37.5 Å². The number of hydrogen-bond donors (Lipinski definition) is 2. The Morgan fingerprint density at radius 3 is 2.62 bits per heavy atom. The zero-order valence-electron chi connectivity index (χ0n) is 13.5. The second-order valence-electron chi connectivity index (χ2n) is 8.79. The van der Waals surface area contributed by atoms with Crippen molar-refractivity contribution < 1.29 is 10.2 Å². The van der Waals surface area contributed by atoms with E-state index in [0.29, 0.717) is 11.3 Å². The van der Waals surface area contributed by atoms with Crippen LogP contribution in [0.4, 0.5) is 0 Å². The van der Waals surface area contributed by atoms with E-state index in [1.807, 2.05) is 0 Å². The van der Waals surface area contributed by atoms with Gasteiger partial charge in [-0.25, -0.2) is 0 Å². The highest BCUT2D eigenvalue weighted by atomic mass is 16.3. The second-order valence-corrected chi connectivity index (χ2v) is 8.79. The molecule has 2 N–H and O–H groups in total. The molecule has 2 heteroatoms. The van der Waals surface area contributed by atoms with Crippen molar-refractivity contribution in [1.29, 1.82) is 0 Å². The number of aliphatic hydroxyl groups excluding tert-OH is 2. The Balaban J connectivity index is 1.68. The maximum atomic E-state index is 10.5. The van der Waals surface area contributed by atoms with E-state index in [1.54, 1.807) is 5.57 Å². The maximum Gasteiger partial charge on any atom is 0.0596 e. The first-order valence-electron chi connectivity index (χ1n) is 9.01. The van der Waals surface area contributed by atoms with Gasteiger partial charge in [-0.2, -0.15) is 0 Å². The van der Waals surface area contributed by atoms with E-state index in [1.165, 1.54) is 25.7 Å². The van der Waals surface area contributed by atoms with Crippen molar-refractivity contribution in [1.82, 2.24) is 0 Å². The smallest absolute Gasteiger partial charge is 0.0596 e. The fourth-order valence-electron chi connectivity index (χ4n) is 6.61. The molecule has 0 radical (unpaired) electrons. The Morgan fingerprint density at radius 1 is 1.00 bits per heavy atom. The zero-order valence-corrected chi connectivity index (χ0v) is 13.5. The summed E-state index contributed by atoms with van der Waals surface area (Å²) in [5, 5.41) is 20.5. The maximum absolute atomic E-state index is 10.5. The van der Waals surface area contributed by atoms with Crippen LogP contribution in [0.2, 0.25) is 0 Å². The molecule has 118 valence electrons. The molecule has 4 rings (SSSR count). The molecule has 3 fully saturated rings. The van der Waals surface area contributed by atoms with Crippen LogP contribution in [0.3, 0.4) is 0 Å². The molecule has 0 unspecified atom stereocenters. The third-order valence-electron chi connectivity index (χ3n) is 8.03. The van der Waals surface area contributed by atoms with Crippen LogP contribution in [0.1, 0.15) is 65.2 Å². The van der Waals surface area contributed by atoms with Crippen LogP contribution in [0.25, 0.3) is 0 Å². The molecule has 0 aromatic heterocycles. The summed E-state index contributed by atoms with van der Waals surface area (Å²) in [6, 6.07) is 0. The van der Waals surface area contributed by atoms with E-state index < -0.39 is 0 Å². The van der Waals surface area contributed by atoms with E-state index >= 15 is 0 Å². The first-order chi connectivity index (χ1) is 9.95. The summed E-state index contributed by atoms with van der Waals surface area (Å²) in [4.78, 5) is 0. The Bertz CT molecular complexity index is 470. The molecule has 0 aliphatic heterocycles. The monoisotopic (exact) mass is 290 g/mol. The van der Waals surface area contributed by atoms with Crippen LogP contribution in [0, 0.1) is 28.6 Å². The largest absolute Gasteiger partial charge is 0.393 e. The summed E-state index contributed by atoms with van der Waals surface area (Å²) in [5.41, 5.74) is 2.05. The van der Waals surface area contributed by atoms with E-state index in [9.17, 15) is 10.2 Å². The van der Waals surface area contributed by atoms with Gasteiger partial charge in [-0.15, -0.1) is 0 Å². The molecule has 7 atom stereocenters. The van der Waals surface area contributed by atoms with Crippen LogP contribution in [0.15, 0.2) is 11.6 Å². The molecule has 0 spiro atoms. The number of fused-ring (bicyclic) bond motifs is 5. The summed E-state index contributed by atoms with van der Waals surface area (Å²) in [5.74, 6) is 2.27. The third kappa shape index (κ3) is 1.84. The lowest BCUT2D eigenvalue weighted by molar-refractivity contribution is -0.0711. The van der Waals surface area contributed by atoms with Crippen molar-refractivity contribution >= 4 is 0 Å². The van der Waals surface area contributed by atoms with Crippen molar-refractivity contribution in [3.8, 4) is 0 Å². The predicted molar refractivity (Wildman–Crippen MR) is 83.7 cm³/mol. The Labute approximate surface area is 128 Å². The first kappa shape index (κ1) is 14.3. The average Bonchev–Trinajstić information content (AvgIpc) is 2.76. The Hall–Kier alpha value is -0.340. The average molecular weight is 290 g/mol. The molecular formula is C19H30O2. The highest BCUT2D eigenvalue weighted by molar-refractivity contribution is 5.25. The highest BCUT2D eigenvalue weighted by Crippen LogP contribution is 2.64. The molecule has 0 amide bonds. The summed E-state index contributed by atoms with van der Waals surface area (Å²) in [6.07, 6.45) is 11.2. The van der Waals surface area contributed by atoms with Crippen LogP contribution in [-0.2, 0) is 0 Å². The molecule has 0 bridgehead atoms. The first-order valence-corrected chi connectivity index (χ1v) is 9.01. The summed E-state index contributed by atoms with van der Waals surface area (Å²) in [6.45, 7) is 4.81. The van der Waals surface area contributed by atoms with Gasteiger partial charge in [0.25, 0.3) is 0 Å². The number of allylic oxidation sites excluding steroid dienone is 1. The van der Waals surface area contributed by atoms with E-state index in [-0.39, 0.29) is 17.6 Å². The molecule has 4 aliphatic carbocycles. The second kappa shape index (κ2) is 4.58. The van der Waals surface area contributed by atoms with Gasteiger partial charge in [0.2, 0.25) is 0 Å². The lowest BCUT2D eigenvalue weighted by Crippen LogP contribution is -2.51. The fraction of sp³-hybridized carbons (Fsp3) is 0.895. The lowest BCUT2D eigenvalue weighted by Gasteiger charge is -2.57. The van der Waals surface area contributed by atoms with E-state index in [4.69, 9.17) is 0 Å². The van der Waals surface area contributed by atoms with Crippen molar-refractivity contribution in [2.24, 2.45) is 28.6 Å². The predicted octanol–water partition coefficient (Wildman–Crippen LogP) is 3.67. The minimum Gasteiger partial charge on any atom is -0.393 e. The molecular weight excluding hydrogens is 260 g/mol. The Kier molecular flexibility index (Phi) is 3.11. The van der Waals surface area contributed by atoms with Crippen molar-refractivity contribution in [2.75, 3.05) is 0 Å². The third-order valence-corrected chi connectivity index (χ3v) is 8.03. The molecule has 2 nitrogen and oxygen atoms in total. The van der Waals surface area contributed by atoms with Crippen LogP contribution < -0.4 is 0 Å². The van der Waals surface area contributed by atoms with Crippen molar-refractivity contribution in [2.45, 2.75) is 77.4 Å². The van der Waals surface area contributed by atoms with Crippen LogP contribution >= 0.6 is 0 Å². The summed E-state index contributed by atoms with van der Waals surface area (Å²) >= 11 is 0. The van der Waals surface area contributed by atoms with Crippen LogP contribution in [0.5, 0.6) is 0 Å². The van der Waals surface area contributed by atoms with Gasteiger partial charge in [-0.05, 0) is 80.0 Å². The Morgan fingerprint density at radius 2 is 1.81 bits per heavy atom. The van der Waals surface area contributed by atoms with Gasteiger partial charge < -0.3 is 10.2 Å². The van der Waals surface area contributed by atoms with E-state index in [2.05, 4.69) is 19.9 Å². The molecule has 0 aromatic carbocycles. The lowest BCUT2D eigenvalue weighted by atomic mass is 9.48. The minimum atomic E-state index is -0.108. The molecule has 4 aliphatic rings. The van der Waals surface area contributed by atoms with Gasteiger partial charge in [-0.1, -0.05) is 25.5 Å². The van der Waals surface area contributed by atoms with Gasteiger partial charge in [0.05, 0.1) is 12.2 Å². The van der Waals surface area contributed by atoms with Crippen LogP contribution in [-0.4, -0.2) is 22.4 Å². The molecule has 3 saturated carbocycles.